The first-order chi connectivity index (χ1) is 22.2. The Morgan fingerprint density at radius 2 is 1.26 bits per heavy atom. The van der Waals surface area contributed by atoms with Gasteiger partial charge in [-0.2, -0.15) is 0 Å². The van der Waals surface area contributed by atoms with E-state index in [1.165, 1.54) is 0 Å². The maximum absolute atomic E-state index is 13.4. The predicted octanol–water partition coefficient (Wildman–Crippen LogP) is 7.18. The van der Waals surface area contributed by atoms with Crippen LogP contribution < -0.4 is 9.47 Å². The zero-order valence-electron chi connectivity index (χ0n) is 28.0. The summed E-state index contributed by atoms with van der Waals surface area (Å²) in [7, 11) is 3.31. The number of hydrogen-bond donors (Lipinski definition) is 1. The first kappa shape index (κ1) is 35.2. The molecule has 0 aliphatic carbocycles. The van der Waals surface area contributed by atoms with E-state index < -0.39 is 16.4 Å². The van der Waals surface area contributed by atoms with E-state index >= 15 is 0 Å². The summed E-state index contributed by atoms with van der Waals surface area (Å²) in [4.78, 5) is 25.9. The quantitative estimate of drug-likeness (QED) is 0.0912. The van der Waals surface area contributed by atoms with Crippen LogP contribution in [0.1, 0.15) is 81.9 Å². The summed E-state index contributed by atoms with van der Waals surface area (Å²) in [6, 6.07) is 26.1. The zero-order chi connectivity index (χ0) is 33.0. The van der Waals surface area contributed by atoms with Gasteiger partial charge in [0, 0.05) is 36.8 Å². The lowest BCUT2D eigenvalue weighted by Gasteiger charge is -2.43. The van der Waals surface area contributed by atoms with Gasteiger partial charge in [-0.3, -0.25) is 4.79 Å². The Kier molecular flexibility index (Phi) is 12.4. The lowest BCUT2D eigenvalue weighted by atomic mass is 9.68. The molecular formula is C39H51NO6. The van der Waals surface area contributed by atoms with E-state index in [1.54, 1.807) is 14.2 Å². The van der Waals surface area contributed by atoms with Crippen molar-refractivity contribution in [2.24, 2.45) is 10.8 Å². The number of likely N-dealkylation sites (tertiary alicyclic amines) is 1. The summed E-state index contributed by atoms with van der Waals surface area (Å²) in [5.41, 5.74) is 0.796. The van der Waals surface area contributed by atoms with Crippen LogP contribution in [-0.4, -0.2) is 62.7 Å². The molecule has 0 radical (unpaired) electrons. The number of hydrogen-bond acceptors (Lipinski definition) is 6. The molecule has 1 heterocycles. The van der Waals surface area contributed by atoms with Gasteiger partial charge in [0.05, 0.1) is 27.4 Å². The lowest BCUT2D eigenvalue weighted by Crippen LogP contribution is -2.46. The number of aldehydes is 1. The number of aliphatic hydroxyl groups is 1. The van der Waals surface area contributed by atoms with Crippen LogP contribution >= 0.6 is 0 Å². The fourth-order valence-electron chi connectivity index (χ4n) is 6.63. The summed E-state index contributed by atoms with van der Waals surface area (Å²) in [5, 5.41) is 10.7. The van der Waals surface area contributed by atoms with Crippen molar-refractivity contribution in [2.45, 2.75) is 70.8 Å². The van der Waals surface area contributed by atoms with Crippen LogP contribution in [0, 0.1) is 10.8 Å². The number of carbonyl (C=O) groups excluding carboxylic acids is 2. The summed E-state index contributed by atoms with van der Waals surface area (Å²) in [6.07, 6.45) is 8.13. The molecule has 1 amide bonds. The van der Waals surface area contributed by atoms with Crippen molar-refractivity contribution in [1.82, 2.24) is 4.90 Å². The van der Waals surface area contributed by atoms with Crippen LogP contribution in [-0.2, 0) is 19.9 Å². The Morgan fingerprint density at radius 3 is 1.78 bits per heavy atom. The average molecular weight is 630 g/mol. The molecule has 0 spiro atoms. The molecule has 2 atom stereocenters. The molecule has 3 aromatic rings. The molecule has 1 fully saturated rings. The van der Waals surface area contributed by atoms with Gasteiger partial charge in [-0.1, -0.05) is 94.1 Å². The van der Waals surface area contributed by atoms with Crippen LogP contribution in [0.25, 0.3) is 0 Å². The Morgan fingerprint density at radius 1 is 0.761 bits per heavy atom. The van der Waals surface area contributed by atoms with Gasteiger partial charge in [-0.25, -0.2) is 0 Å². The average Bonchev–Trinajstić information content (AvgIpc) is 3.37. The van der Waals surface area contributed by atoms with Crippen molar-refractivity contribution in [3.63, 3.8) is 0 Å². The SMILES string of the molecule is COc1ccc(C(OCC2(C)CN(C(=O)CCCCCCCCC=O)CC2(C)CO)(c2ccccc2)c2ccc(OC)cc2)cc1. The number of ether oxygens (including phenoxy) is 3. The highest BCUT2D eigenvalue weighted by Crippen LogP contribution is 2.49. The highest BCUT2D eigenvalue weighted by atomic mass is 16.5. The molecule has 3 aromatic carbocycles. The van der Waals surface area contributed by atoms with E-state index in [0.29, 0.717) is 32.5 Å². The Bertz CT molecular complexity index is 1330. The van der Waals surface area contributed by atoms with Crippen LogP contribution in [0.15, 0.2) is 78.9 Å². The second-order valence-corrected chi connectivity index (χ2v) is 13.1. The largest absolute Gasteiger partial charge is 0.497 e. The Balaban J connectivity index is 1.60. The smallest absolute Gasteiger partial charge is 0.222 e. The van der Waals surface area contributed by atoms with Crippen molar-refractivity contribution >= 4 is 12.2 Å². The van der Waals surface area contributed by atoms with Crippen molar-refractivity contribution in [3.05, 3.63) is 95.6 Å². The number of amides is 1. The van der Waals surface area contributed by atoms with Crippen LogP contribution in [0.2, 0.25) is 0 Å². The zero-order valence-corrected chi connectivity index (χ0v) is 28.0. The number of unbranched alkanes of at least 4 members (excludes halogenated alkanes) is 6. The second-order valence-electron chi connectivity index (χ2n) is 13.1. The van der Waals surface area contributed by atoms with Crippen molar-refractivity contribution < 1.29 is 28.9 Å². The summed E-state index contributed by atoms with van der Waals surface area (Å²) in [5.74, 6) is 1.63. The van der Waals surface area contributed by atoms with Gasteiger partial charge < -0.3 is 29.0 Å². The standard InChI is InChI=1S/C39H51NO6/c1-37(29-42)27-40(36(43)17-13-8-6-5-7-9-14-26-41)28-38(37,2)30-46-39(31-15-11-10-12-16-31,32-18-22-34(44-3)23-19-32)33-20-24-35(45-4)25-21-33/h10-12,15-16,18-26,42H,5-9,13-14,17,27-30H2,1-4H3. The third-order valence-electron chi connectivity index (χ3n) is 9.98. The van der Waals surface area contributed by atoms with Gasteiger partial charge in [0.1, 0.15) is 23.4 Å². The van der Waals surface area contributed by atoms with E-state index in [0.717, 1.165) is 73.0 Å². The van der Waals surface area contributed by atoms with E-state index in [2.05, 4.69) is 26.0 Å². The minimum Gasteiger partial charge on any atom is -0.497 e. The molecule has 0 aromatic heterocycles. The molecule has 1 aliphatic heterocycles. The lowest BCUT2D eigenvalue weighted by molar-refractivity contribution is -0.131. The molecule has 0 saturated carbocycles. The molecule has 1 N–H and O–H groups in total. The number of rotatable bonds is 18. The monoisotopic (exact) mass is 629 g/mol. The molecule has 4 rings (SSSR count). The number of nitrogens with zero attached hydrogens (tertiary/aromatic N) is 1. The minimum absolute atomic E-state index is 0.0547. The molecule has 7 heteroatoms. The number of aliphatic hydroxyl groups excluding tert-OH is 1. The summed E-state index contributed by atoms with van der Waals surface area (Å²) < 4.78 is 18.2. The van der Waals surface area contributed by atoms with E-state index in [-0.39, 0.29) is 12.5 Å². The van der Waals surface area contributed by atoms with E-state index in [9.17, 15) is 14.7 Å². The van der Waals surface area contributed by atoms with Crippen LogP contribution in [0.3, 0.4) is 0 Å². The summed E-state index contributed by atoms with van der Waals surface area (Å²) >= 11 is 0. The van der Waals surface area contributed by atoms with Gasteiger partial charge in [0.2, 0.25) is 5.91 Å². The molecule has 248 valence electrons. The van der Waals surface area contributed by atoms with Crippen molar-refractivity contribution in [3.8, 4) is 11.5 Å². The third kappa shape index (κ3) is 7.81. The maximum atomic E-state index is 13.4. The number of carbonyl (C=O) groups is 2. The molecule has 7 nitrogen and oxygen atoms in total. The molecule has 2 unspecified atom stereocenters. The second kappa shape index (κ2) is 16.2. The van der Waals surface area contributed by atoms with Crippen LogP contribution in [0.4, 0.5) is 0 Å². The molecule has 1 aliphatic rings. The Labute approximate surface area is 274 Å². The molecular weight excluding hydrogens is 578 g/mol. The maximum Gasteiger partial charge on any atom is 0.222 e. The highest BCUT2D eigenvalue weighted by Gasteiger charge is 2.54. The van der Waals surface area contributed by atoms with Gasteiger partial charge in [-0.05, 0) is 53.8 Å². The fraction of sp³-hybridized carbons (Fsp3) is 0.487. The summed E-state index contributed by atoms with van der Waals surface area (Å²) in [6.45, 7) is 5.44. The van der Waals surface area contributed by atoms with Gasteiger partial charge in [-0.15, -0.1) is 0 Å². The van der Waals surface area contributed by atoms with Crippen molar-refractivity contribution in [2.75, 3.05) is 40.5 Å². The van der Waals surface area contributed by atoms with Crippen molar-refractivity contribution in [1.29, 1.82) is 0 Å². The molecule has 0 bridgehead atoms. The Hall–Kier alpha value is -3.68. The van der Waals surface area contributed by atoms with E-state index in [1.807, 2.05) is 71.6 Å². The molecule has 46 heavy (non-hydrogen) atoms. The van der Waals surface area contributed by atoms with Crippen LogP contribution in [0.5, 0.6) is 11.5 Å². The number of methoxy groups -OCH3 is 2. The predicted molar refractivity (Wildman–Crippen MR) is 181 cm³/mol. The first-order valence-corrected chi connectivity index (χ1v) is 16.6. The van der Waals surface area contributed by atoms with Gasteiger partial charge in [0.25, 0.3) is 0 Å². The topological polar surface area (TPSA) is 85.3 Å². The first-order valence-electron chi connectivity index (χ1n) is 16.6. The molecule has 1 saturated heterocycles. The van der Waals surface area contributed by atoms with Gasteiger partial charge >= 0.3 is 0 Å². The highest BCUT2D eigenvalue weighted by molar-refractivity contribution is 5.76. The third-order valence-corrected chi connectivity index (χ3v) is 9.98. The number of benzene rings is 3. The van der Waals surface area contributed by atoms with Gasteiger partial charge in [0.15, 0.2) is 0 Å². The fourth-order valence-corrected chi connectivity index (χ4v) is 6.63. The minimum atomic E-state index is -0.984. The normalized spacial score (nSPS) is 19.6. The van der Waals surface area contributed by atoms with E-state index in [4.69, 9.17) is 14.2 Å².